The van der Waals surface area contributed by atoms with Crippen molar-refractivity contribution in [1.29, 1.82) is 0 Å². The Kier molecular flexibility index (Phi) is 34.5. The first-order valence-corrected chi connectivity index (χ1v) is 45.6. The van der Waals surface area contributed by atoms with Crippen molar-refractivity contribution in [1.82, 2.24) is 78.1 Å². The fourth-order valence-electron chi connectivity index (χ4n) is 17.7. The number of pyridine rings is 2. The second kappa shape index (κ2) is 44.3. The molecule has 698 valence electrons. The summed E-state index contributed by atoms with van der Waals surface area (Å²) in [7, 11) is 6.58. The Labute approximate surface area is 752 Å². The topological polar surface area (TPSA) is 398 Å². The number of hydrazine groups is 3. The number of methoxy groups -OCH3 is 3. The normalized spacial score (nSPS) is 30.3. The number of ether oxygens (including phenoxy) is 5. The van der Waals surface area contributed by atoms with E-state index < -0.39 is 131 Å². The summed E-state index contributed by atoms with van der Waals surface area (Å²) in [5.41, 5.74) is 13.9. The largest absolute Gasteiger partial charge is 0.456 e. The van der Waals surface area contributed by atoms with Crippen LogP contribution in [0.25, 0.3) is 27.6 Å². The van der Waals surface area contributed by atoms with Gasteiger partial charge in [-0.15, -0.1) is 0 Å². The van der Waals surface area contributed by atoms with Crippen LogP contribution in [0, 0.1) is 35.5 Å². The van der Waals surface area contributed by atoms with Crippen LogP contribution in [0.5, 0.6) is 0 Å². The molecule has 2 aromatic heterocycles. The smallest absolute Gasteiger partial charge is 0.328 e. The number of hydrogen-bond donors (Lipinski definition) is 9. The molecule has 1 aliphatic carbocycles. The Morgan fingerprint density at radius 2 is 0.914 bits per heavy atom. The van der Waals surface area contributed by atoms with E-state index in [4.69, 9.17) is 23.7 Å². The van der Waals surface area contributed by atoms with E-state index in [9.17, 15) is 57.5 Å². The van der Waals surface area contributed by atoms with E-state index in [2.05, 4.69) is 76.3 Å². The summed E-state index contributed by atoms with van der Waals surface area (Å²) in [6.07, 6.45) is 14.6. The van der Waals surface area contributed by atoms with Crippen LogP contribution in [-0.2, 0) is 100 Å². The van der Waals surface area contributed by atoms with Crippen molar-refractivity contribution in [3.63, 3.8) is 0 Å². The average Bonchev–Trinajstić information content (AvgIpc) is 1.40. The maximum atomic E-state index is 13.7. The third kappa shape index (κ3) is 24.6. The number of cyclic esters (lactones) is 2. The lowest BCUT2D eigenvalue weighted by Crippen LogP contribution is -2.65. The molecule has 32 nitrogen and oxygen atoms in total. The number of hydrogen-bond acceptors (Lipinski definition) is 22. The highest BCUT2D eigenvalue weighted by molar-refractivity contribution is 5.96. The minimum Gasteiger partial charge on any atom is -0.456 e. The van der Waals surface area contributed by atoms with Crippen LogP contribution < -0.4 is 48.2 Å². The molecule has 12 rings (SSSR count). The number of aromatic nitrogens is 2. The number of amides is 10. The number of nitrogens with one attached hydrogen (secondary N) is 9. The Morgan fingerprint density at radius 1 is 0.445 bits per heavy atom. The second-order valence-corrected chi connectivity index (χ2v) is 37.2. The summed E-state index contributed by atoms with van der Waals surface area (Å²) < 4.78 is 28.9. The minimum absolute atomic E-state index is 0.00148. The average molecular weight is 1770 g/mol. The van der Waals surface area contributed by atoms with Gasteiger partial charge >= 0.3 is 11.9 Å². The third-order valence-corrected chi connectivity index (χ3v) is 26.2. The van der Waals surface area contributed by atoms with Gasteiger partial charge < -0.3 is 60.5 Å². The Hall–Kier alpha value is -10.4. The molecule has 0 spiro atoms. The van der Waals surface area contributed by atoms with Gasteiger partial charge in [-0.2, -0.15) is 0 Å². The molecule has 9 N–H and O–H groups in total. The zero-order valence-electron chi connectivity index (χ0n) is 78.3. The summed E-state index contributed by atoms with van der Waals surface area (Å²) >= 11 is 0. The van der Waals surface area contributed by atoms with Crippen LogP contribution in [0.1, 0.15) is 239 Å². The van der Waals surface area contributed by atoms with Crippen molar-refractivity contribution in [2.75, 3.05) is 48.0 Å². The molecule has 3 saturated heterocycles. The predicted octanol–water partition coefficient (Wildman–Crippen LogP) is 8.67. The molecule has 5 aromatic rings. The lowest BCUT2D eigenvalue weighted by molar-refractivity contribution is -0.165. The molecule has 14 bridgehead atoms. The number of carbonyl (C=O) groups excluding carboxylic acids is 12. The monoisotopic (exact) mass is 1770 g/mol. The highest BCUT2D eigenvalue weighted by Gasteiger charge is 2.46. The summed E-state index contributed by atoms with van der Waals surface area (Å²) in [6.45, 7) is 29.5. The number of aryl methyl sites for hydroxylation is 3. The maximum absolute atomic E-state index is 13.7. The van der Waals surface area contributed by atoms with Crippen LogP contribution in [0.15, 0.2) is 85.2 Å². The molecular weight excluding hydrogens is 1640 g/mol. The van der Waals surface area contributed by atoms with Gasteiger partial charge in [-0.25, -0.2) is 25.9 Å². The summed E-state index contributed by atoms with van der Waals surface area (Å²) in [4.78, 5) is 171. The summed E-state index contributed by atoms with van der Waals surface area (Å²) in [5.74, 6) is -6.59. The van der Waals surface area contributed by atoms with Gasteiger partial charge in [0.1, 0.15) is 65.6 Å². The van der Waals surface area contributed by atoms with E-state index >= 15 is 0 Å². The number of carbonyl (C=O) groups is 12. The molecule has 6 aliphatic heterocycles. The molecule has 3 fully saturated rings. The van der Waals surface area contributed by atoms with E-state index in [1.807, 2.05) is 129 Å². The predicted molar refractivity (Wildman–Crippen MR) is 484 cm³/mol. The third-order valence-electron chi connectivity index (χ3n) is 26.2. The van der Waals surface area contributed by atoms with Crippen LogP contribution >= 0.6 is 0 Å². The quantitative estimate of drug-likeness (QED) is 0.0717. The van der Waals surface area contributed by atoms with E-state index in [-0.39, 0.29) is 65.3 Å². The van der Waals surface area contributed by atoms with Gasteiger partial charge in [-0.05, 0) is 219 Å². The van der Waals surface area contributed by atoms with E-state index in [0.29, 0.717) is 76.7 Å². The van der Waals surface area contributed by atoms with Gasteiger partial charge in [0.15, 0.2) is 0 Å². The maximum Gasteiger partial charge on any atom is 0.328 e. The SMILES string of the molecule is CO[C@@H]1/C=C/c2cc3cc(ccc3cn2)[C@@H](C)OC(=O)[C@]2(C)CCCN(N2)C(=O)[C@H](C)NC(=O)[C@H](C(C)C)NC(=O)[C@@H]1C.CO[C@@H]1CCCCc2ccc3c(c2)[C@@H](CC3)N(C)C(=O)[C@@H]2CCCN(N2)C(=O)[C@H](C)NC(=O)[C@H](C(C)C)NC(=O)[C@@H]1C.CO[C@@H]1CCc2cc3cc(ccc3cn2)[C@@H](C)OC(=O)[C@]2(C)CCCN(N2)C(=O)[C@H](C)NC(=O)[C@H](C(C)C)NC(=O)[C@@H]1C. The highest BCUT2D eigenvalue weighted by Crippen LogP contribution is 2.38. The molecule has 10 amide bonds. The fraction of sp³-hybridized carbons (Fsp3) is 0.604. The molecule has 0 radical (unpaired) electrons. The molecule has 0 saturated carbocycles. The first-order chi connectivity index (χ1) is 60.7. The van der Waals surface area contributed by atoms with Gasteiger partial charge in [-0.3, -0.25) is 72.9 Å². The van der Waals surface area contributed by atoms with E-state index in [1.165, 1.54) is 38.8 Å². The van der Waals surface area contributed by atoms with Crippen molar-refractivity contribution >= 4 is 98.6 Å². The van der Waals surface area contributed by atoms with Crippen molar-refractivity contribution in [3.05, 3.63) is 124 Å². The first kappa shape index (κ1) is 99.8. The van der Waals surface area contributed by atoms with Crippen molar-refractivity contribution < 1.29 is 81.2 Å². The lowest BCUT2D eigenvalue weighted by atomic mass is 9.94. The van der Waals surface area contributed by atoms with Crippen LogP contribution in [0.3, 0.4) is 0 Å². The number of benzene rings is 3. The van der Waals surface area contributed by atoms with Crippen molar-refractivity contribution in [2.24, 2.45) is 35.5 Å². The molecule has 128 heavy (non-hydrogen) atoms. The number of fused-ring (bicyclic) bond motifs is 11. The van der Waals surface area contributed by atoms with Gasteiger partial charge in [0.25, 0.3) is 17.7 Å². The lowest BCUT2D eigenvalue weighted by Gasteiger charge is -2.41. The molecule has 7 aliphatic rings. The van der Waals surface area contributed by atoms with E-state index in [0.717, 1.165) is 76.9 Å². The number of nitrogens with zero attached hydrogens (tertiary/aromatic N) is 6. The summed E-state index contributed by atoms with van der Waals surface area (Å²) in [5, 5.41) is 24.9. The standard InChI is InChI=1S/C32H45N5O6.C32H43N5O6.C32H49N5O5/c2*1-18(2)27-29(39)34-20(4)30(40)37-14-8-13-32(6,36-37)31(41)43-21(5)22-9-10-23-17-33-25(16-24(23)15-22)11-12-26(42-7)19(3)28(38)35-27;1-19(2)28-30(39)33-21(4)31(40)37-17-9-11-25(35-37)32(41)36(5)26-16-15-23-14-13-22(18-24(23)26)10-7-8-12-27(42-6)20(3)29(38)34-28/h9-10,15-21,26-27,36H,8,11-14H2,1-7H3,(H,34,39)(H,35,38);9-12,15-21,26-27,36H,8,13-14H2,1-7H3,(H,34,39)(H,35,38);13-14,18-21,25-28,35H,7-12,15-17H2,1-6H3,(H,33,39)(H,34,38)/b;12-11+;/t2*19-,20+,21-,26-,27+,32+;20-,21+,25+,26-,27-,28+/m111/s1. The zero-order chi connectivity index (χ0) is 93.5. The van der Waals surface area contributed by atoms with Crippen LogP contribution in [0.4, 0.5) is 0 Å². The Morgan fingerprint density at radius 3 is 1.41 bits per heavy atom. The first-order valence-electron chi connectivity index (χ1n) is 45.6. The molecule has 32 heteroatoms. The number of esters is 2. The van der Waals surface area contributed by atoms with Gasteiger partial charge in [-0.1, -0.05) is 117 Å². The van der Waals surface area contributed by atoms with Gasteiger partial charge in [0.05, 0.1) is 47.8 Å². The van der Waals surface area contributed by atoms with E-state index in [1.54, 1.807) is 81.0 Å². The van der Waals surface area contributed by atoms with Crippen LogP contribution in [0.2, 0.25) is 0 Å². The molecule has 0 unspecified atom stereocenters. The number of rotatable bonds is 6. The zero-order valence-corrected chi connectivity index (χ0v) is 78.3. The van der Waals surface area contributed by atoms with Gasteiger partial charge in [0.2, 0.25) is 41.4 Å². The second-order valence-electron chi connectivity index (χ2n) is 37.2. The molecule has 3 aromatic carbocycles. The molecular formula is C96H137N15O17. The summed E-state index contributed by atoms with van der Waals surface area (Å²) in [6, 6.07) is 16.5. The molecule has 18 atom stereocenters. The highest BCUT2D eigenvalue weighted by atomic mass is 16.6. The van der Waals surface area contributed by atoms with Gasteiger partial charge in [0, 0.05) is 76.9 Å². The van der Waals surface area contributed by atoms with Crippen molar-refractivity contribution in [2.45, 2.75) is 291 Å². The van der Waals surface area contributed by atoms with Crippen LogP contribution in [-0.4, -0.2) is 221 Å². The Balaban J connectivity index is 0.000000200. The molecule has 8 heterocycles. The Bertz CT molecular complexity index is 4870. The fourth-order valence-corrected chi connectivity index (χ4v) is 17.7. The number of likely N-dealkylation sites (N-methyl/N-ethyl adjacent to an activating group) is 1. The van der Waals surface area contributed by atoms with Crippen molar-refractivity contribution in [3.8, 4) is 0 Å². The minimum atomic E-state index is -1.13.